The maximum absolute atomic E-state index is 12.9. The first-order valence-corrected chi connectivity index (χ1v) is 9.29. The van der Waals surface area contributed by atoms with Crippen molar-refractivity contribution in [2.75, 3.05) is 0 Å². The highest BCUT2D eigenvalue weighted by Crippen LogP contribution is 2.62. The van der Waals surface area contributed by atoms with Gasteiger partial charge in [0.15, 0.2) is 9.84 Å². The summed E-state index contributed by atoms with van der Waals surface area (Å²) in [5.74, 6) is -0.724. The second-order valence-corrected chi connectivity index (χ2v) is 8.55. The number of carbonyl (C=O) groups is 1. The van der Waals surface area contributed by atoms with E-state index in [1.807, 2.05) is 6.07 Å². The summed E-state index contributed by atoms with van der Waals surface area (Å²) in [6.07, 6.45) is 0.435. The van der Waals surface area contributed by atoms with Crippen molar-refractivity contribution >= 4 is 39.3 Å². The number of sulfone groups is 1. The van der Waals surface area contributed by atoms with Gasteiger partial charge in [0, 0.05) is 16.0 Å². The van der Waals surface area contributed by atoms with Gasteiger partial charge < -0.3 is 4.79 Å². The maximum Gasteiger partial charge on any atom is 0.183 e. The third-order valence-electron chi connectivity index (χ3n) is 4.27. The quantitative estimate of drug-likeness (QED) is 0.759. The molecule has 0 spiro atoms. The van der Waals surface area contributed by atoms with Gasteiger partial charge in [-0.1, -0.05) is 35.3 Å². The van der Waals surface area contributed by atoms with Gasteiger partial charge in [-0.25, -0.2) is 8.42 Å². The largest absolute Gasteiger partial charge is 0.302 e. The molecule has 7 heteroatoms. The Morgan fingerprint density at radius 1 is 1.00 bits per heavy atom. The van der Waals surface area contributed by atoms with Crippen LogP contribution in [0.2, 0.25) is 10.0 Å². The molecule has 0 amide bonds. The lowest BCUT2D eigenvalue weighted by Gasteiger charge is -2.04. The second kappa shape index (κ2) is 5.89. The number of hydrogen-bond acceptors (Lipinski definition) is 4. The Labute approximate surface area is 149 Å². The van der Waals surface area contributed by atoms with Crippen LogP contribution in [0.3, 0.4) is 0 Å². The first-order chi connectivity index (χ1) is 11.4. The number of benzene rings is 2. The number of halogens is 2. The van der Waals surface area contributed by atoms with Gasteiger partial charge in [0.25, 0.3) is 0 Å². The third kappa shape index (κ3) is 2.51. The van der Waals surface area contributed by atoms with Crippen LogP contribution >= 0.6 is 23.2 Å². The summed E-state index contributed by atoms with van der Waals surface area (Å²) < 4.78 is 25.8. The van der Waals surface area contributed by atoms with E-state index in [-0.39, 0.29) is 4.90 Å². The van der Waals surface area contributed by atoms with Crippen molar-refractivity contribution < 1.29 is 13.2 Å². The Morgan fingerprint density at radius 2 is 1.50 bits per heavy atom. The molecule has 0 aliphatic heterocycles. The van der Waals surface area contributed by atoms with Crippen LogP contribution in [0.15, 0.2) is 53.4 Å². The summed E-state index contributed by atoms with van der Waals surface area (Å²) in [6, 6.07) is 14.1. The molecule has 0 bridgehead atoms. The SMILES string of the molecule is N#C[C@]1(C=O)[C@@H](c2ccc(Cl)cc2)[C@@H]1S(=O)(=O)c1ccc(Cl)cc1. The zero-order valence-electron chi connectivity index (χ0n) is 12.2. The van der Waals surface area contributed by atoms with Gasteiger partial charge in [0.2, 0.25) is 0 Å². The number of carbonyl (C=O) groups excluding carboxylic acids is 1. The van der Waals surface area contributed by atoms with Gasteiger partial charge in [0.05, 0.1) is 11.0 Å². The third-order valence-corrected chi connectivity index (χ3v) is 7.04. The average Bonchev–Trinajstić information content (AvgIpc) is 3.26. The van der Waals surface area contributed by atoms with Crippen molar-refractivity contribution in [2.45, 2.75) is 16.1 Å². The van der Waals surface area contributed by atoms with Gasteiger partial charge >= 0.3 is 0 Å². The number of rotatable bonds is 4. The number of nitriles is 1. The van der Waals surface area contributed by atoms with Crippen molar-refractivity contribution in [3.8, 4) is 6.07 Å². The van der Waals surface area contributed by atoms with E-state index in [9.17, 15) is 18.5 Å². The van der Waals surface area contributed by atoms with E-state index >= 15 is 0 Å². The maximum atomic E-state index is 12.9. The number of nitrogens with zero attached hydrogens (tertiary/aromatic N) is 1. The molecular weight excluding hydrogens is 369 g/mol. The molecule has 3 atom stereocenters. The topological polar surface area (TPSA) is 75.0 Å². The van der Waals surface area contributed by atoms with Crippen LogP contribution in [0.25, 0.3) is 0 Å². The van der Waals surface area contributed by atoms with Gasteiger partial charge in [-0.2, -0.15) is 5.26 Å². The van der Waals surface area contributed by atoms with Crippen molar-refractivity contribution in [1.82, 2.24) is 0 Å². The van der Waals surface area contributed by atoms with Gasteiger partial charge in [-0.3, -0.25) is 0 Å². The van der Waals surface area contributed by atoms with Crippen LogP contribution in [0.1, 0.15) is 11.5 Å². The molecule has 0 saturated heterocycles. The standard InChI is InChI=1S/C17H11Cl2NO3S/c18-12-3-1-11(2-4-12)15-16(17(15,9-20)10-21)24(22,23)14-7-5-13(19)6-8-14/h1-8,10,15-16H/t15-,16-,17-/m0/s1. The monoisotopic (exact) mass is 379 g/mol. The van der Waals surface area contributed by atoms with E-state index in [4.69, 9.17) is 23.2 Å². The zero-order valence-corrected chi connectivity index (χ0v) is 14.5. The minimum Gasteiger partial charge on any atom is -0.302 e. The fourth-order valence-electron chi connectivity index (χ4n) is 3.00. The van der Waals surface area contributed by atoms with E-state index in [1.54, 1.807) is 24.3 Å². The highest BCUT2D eigenvalue weighted by molar-refractivity contribution is 7.92. The van der Waals surface area contributed by atoms with E-state index in [2.05, 4.69) is 0 Å². The molecule has 0 heterocycles. The van der Waals surface area contributed by atoms with Crippen LogP contribution in [0, 0.1) is 16.7 Å². The van der Waals surface area contributed by atoms with E-state index in [0.717, 1.165) is 0 Å². The minimum absolute atomic E-state index is 0.0369. The van der Waals surface area contributed by atoms with Crippen LogP contribution in [-0.4, -0.2) is 20.0 Å². The molecule has 2 aromatic rings. The van der Waals surface area contributed by atoms with Gasteiger partial charge in [0.1, 0.15) is 17.0 Å². The molecule has 2 aromatic carbocycles. The lowest BCUT2D eigenvalue weighted by molar-refractivity contribution is -0.110. The number of aldehydes is 1. The first-order valence-electron chi connectivity index (χ1n) is 6.99. The van der Waals surface area contributed by atoms with Crippen molar-refractivity contribution in [1.29, 1.82) is 5.26 Å². The Kier molecular flexibility index (Phi) is 4.16. The van der Waals surface area contributed by atoms with Crippen LogP contribution < -0.4 is 0 Å². The molecule has 0 aromatic heterocycles. The van der Waals surface area contributed by atoms with E-state index in [1.165, 1.54) is 24.3 Å². The molecule has 1 saturated carbocycles. The predicted molar refractivity (Wildman–Crippen MR) is 90.7 cm³/mol. The molecule has 0 N–H and O–H groups in total. The fraction of sp³-hybridized carbons (Fsp3) is 0.176. The molecule has 24 heavy (non-hydrogen) atoms. The predicted octanol–water partition coefficient (Wildman–Crippen LogP) is 3.64. The van der Waals surface area contributed by atoms with Crippen LogP contribution in [0.4, 0.5) is 0 Å². The van der Waals surface area contributed by atoms with Crippen molar-refractivity contribution in [2.24, 2.45) is 5.41 Å². The minimum atomic E-state index is -3.87. The molecule has 1 fully saturated rings. The zero-order chi connectivity index (χ0) is 17.5. The summed E-state index contributed by atoms with van der Waals surface area (Å²) in [7, 11) is -3.87. The molecule has 0 unspecified atom stereocenters. The molecular formula is C17H11Cl2NO3S. The fourth-order valence-corrected chi connectivity index (χ4v) is 5.49. The molecule has 1 aliphatic rings. The summed E-state index contributed by atoms with van der Waals surface area (Å²) >= 11 is 11.6. The smallest absolute Gasteiger partial charge is 0.183 e. The average molecular weight is 380 g/mol. The van der Waals surface area contributed by atoms with E-state index < -0.39 is 26.4 Å². The number of hydrogen-bond donors (Lipinski definition) is 0. The second-order valence-electron chi connectivity index (χ2n) is 5.61. The highest BCUT2D eigenvalue weighted by Gasteiger charge is 2.72. The molecule has 1 aliphatic carbocycles. The summed E-state index contributed by atoms with van der Waals surface area (Å²) in [5, 5.41) is 9.24. The van der Waals surface area contributed by atoms with Gasteiger partial charge in [-0.05, 0) is 42.0 Å². The summed E-state index contributed by atoms with van der Waals surface area (Å²) in [6.45, 7) is 0. The molecule has 4 nitrogen and oxygen atoms in total. The summed E-state index contributed by atoms with van der Waals surface area (Å²) in [5.41, 5.74) is -0.998. The Morgan fingerprint density at radius 3 is 1.96 bits per heavy atom. The van der Waals surface area contributed by atoms with E-state index in [0.29, 0.717) is 21.9 Å². The Bertz CT molecular complexity index is 933. The Hall–Kier alpha value is -1.87. The lowest BCUT2D eigenvalue weighted by Crippen LogP contribution is -2.16. The molecule has 122 valence electrons. The lowest BCUT2D eigenvalue weighted by atomic mass is 10.0. The highest BCUT2D eigenvalue weighted by atomic mass is 35.5. The van der Waals surface area contributed by atoms with Crippen LogP contribution in [0.5, 0.6) is 0 Å². The normalized spacial score (nSPS) is 25.7. The van der Waals surface area contributed by atoms with Gasteiger partial charge in [-0.15, -0.1) is 0 Å². The first kappa shape index (κ1) is 17.0. The van der Waals surface area contributed by atoms with Crippen LogP contribution in [-0.2, 0) is 14.6 Å². The van der Waals surface area contributed by atoms with Crippen molar-refractivity contribution in [3.63, 3.8) is 0 Å². The Balaban J connectivity index is 2.08. The van der Waals surface area contributed by atoms with Crippen molar-refractivity contribution in [3.05, 3.63) is 64.1 Å². The molecule has 3 rings (SSSR count). The summed E-state index contributed by atoms with van der Waals surface area (Å²) in [4.78, 5) is 11.6. The molecule has 0 radical (unpaired) electrons.